The van der Waals surface area contributed by atoms with E-state index in [4.69, 9.17) is 16.3 Å². The highest BCUT2D eigenvalue weighted by Crippen LogP contribution is 2.38. The van der Waals surface area contributed by atoms with Crippen molar-refractivity contribution in [3.63, 3.8) is 0 Å². The van der Waals surface area contributed by atoms with Gasteiger partial charge in [0.05, 0.1) is 30.0 Å². The number of nitrogens with one attached hydrogen (secondary N) is 1. The number of halogens is 7. The molecule has 2 amide bonds. The lowest BCUT2D eigenvalue weighted by molar-refractivity contribution is -0.274. The van der Waals surface area contributed by atoms with Crippen molar-refractivity contribution in [2.75, 3.05) is 19.0 Å². The van der Waals surface area contributed by atoms with Crippen molar-refractivity contribution in [1.82, 2.24) is 5.01 Å². The summed E-state index contributed by atoms with van der Waals surface area (Å²) in [6.07, 6.45) is -9.59. The first-order valence-corrected chi connectivity index (χ1v) is 10.0. The Bertz CT molecular complexity index is 1170. The Morgan fingerprint density at radius 2 is 1.71 bits per heavy atom. The molecule has 1 unspecified atom stereocenters. The SMILES string of the molecule is COC(=O)C1(C)CN(C(=O)Nc2ccc(OC(F)(F)F)cc2)N=C1c1ccc(C(F)(F)F)c(Cl)c1. The number of urea groups is 1. The molecule has 7 nitrogen and oxygen atoms in total. The Balaban J connectivity index is 1.88. The van der Waals surface area contributed by atoms with Crippen molar-refractivity contribution in [2.24, 2.45) is 10.5 Å². The average Bonchev–Trinajstić information content (AvgIpc) is 3.11. The second-order valence-corrected chi connectivity index (χ2v) is 7.93. The fourth-order valence-electron chi connectivity index (χ4n) is 3.34. The van der Waals surface area contributed by atoms with Crippen LogP contribution in [-0.4, -0.2) is 42.7 Å². The second-order valence-electron chi connectivity index (χ2n) is 7.52. The predicted octanol–water partition coefficient (Wildman–Crippen LogP) is 5.69. The van der Waals surface area contributed by atoms with Gasteiger partial charge in [0, 0.05) is 11.3 Å². The van der Waals surface area contributed by atoms with Gasteiger partial charge in [-0.3, -0.25) is 4.79 Å². The number of nitrogens with zero attached hydrogens (tertiary/aromatic N) is 2. The molecule has 0 saturated heterocycles. The van der Waals surface area contributed by atoms with Crippen LogP contribution in [0.3, 0.4) is 0 Å². The zero-order valence-corrected chi connectivity index (χ0v) is 18.7. The summed E-state index contributed by atoms with van der Waals surface area (Å²) in [5.74, 6) is -1.31. The number of carbonyl (C=O) groups excluding carboxylic acids is 2. The number of anilines is 1. The number of esters is 1. The van der Waals surface area contributed by atoms with E-state index in [1.165, 1.54) is 6.92 Å². The largest absolute Gasteiger partial charge is 0.573 e. The molecular formula is C21H16ClF6N3O4. The van der Waals surface area contributed by atoms with Crippen LogP contribution in [0.25, 0.3) is 0 Å². The fourth-order valence-corrected chi connectivity index (χ4v) is 3.63. The van der Waals surface area contributed by atoms with Gasteiger partial charge in [-0.05, 0) is 43.3 Å². The normalized spacial score (nSPS) is 18.2. The summed E-state index contributed by atoms with van der Waals surface area (Å²) >= 11 is 5.79. The van der Waals surface area contributed by atoms with Crippen LogP contribution in [-0.2, 0) is 15.7 Å². The van der Waals surface area contributed by atoms with E-state index in [2.05, 4.69) is 15.2 Å². The summed E-state index contributed by atoms with van der Waals surface area (Å²) in [6, 6.07) is 6.16. The van der Waals surface area contributed by atoms with Crippen LogP contribution in [0.1, 0.15) is 18.1 Å². The van der Waals surface area contributed by atoms with E-state index in [-0.39, 0.29) is 23.5 Å². The van der Waals surface area contributed by atoms with Crippen LogP contribution in [0.5, 0.6) is 5.75 Å². The third kappa shape index (κ3) is 5.78. The first-order chi connectivity index (χ1) is 16.1. The maximum Gasteiger partial charge on any atom is 0.573 e. The second kappa shape index (κ2) is 9.29. The number of ether oxygens (including phenoxy) is 2. The van der Waals surface area contributed by atoms with Crippen molar-refractivity contribution in [1.29, 1.82) is 0 Å². The van der Waals surface area contributed by atoms with Gasteiger partial charge in [-0.2, -0.15) is 18.3 Å². The van der Waals surface area contributed by atoms with Crippen LogP contribution in [0.4, 0.5) is 36.8 Å². The van der Waals surface area contributed by atoms with Crippen molar-refractivity contribution in [2.45, 2.75) is 19.5 Å². The van der Waals surface area contributed by atoms with E-state index < -0.39 is 46.3 Å². The molecule has 3 rings (SSSR count). The molecule has 0 fully saturated rings. The van der Waals surface area contributed by atoms with Gasteiger partial charge in [0.1, 0.15) is 11.2 Å². The molecular weight excluding hydrogens is 508 g/mol. The number of methoxy groups -OCH3 is 1. The topological polar surface area (TPSA) is 80.2 Å². The molecule has 1 aliphatic heterocycles. The van der Waals surface area contributed by atoms with Crippen LogP contribution < -0.4 is 10.1 Å². The molecule has 1 N–H and O–H groups in total. The molecule has 1 atom stereocenters. The highest BCUT2D eigenvalue weighted by atomic mass is 35.5. The van der Waals surface area contributed by atoms with Crippen molar-refractivity contribution >= 4 is 35.0 Å². The summed E-state index contributed by atoms with van der Waals surface area (Å²) < 4.78 is 84.6. The average molecular weight is 524 g/mol. The molecule has 14 heteroatoms. The van der Waals surface area contributed by atoms with Gasteiger partial charge in [0.15, 0.2) is 0 Å². The Morgan fingerprint density at radius 3 is 2.23 bits per heavy atom. The van der Waals surface area contributed by atoms with E-state index in [9.17, 15) is 35.9 Å². The summed E-state index contributed by atoms with van der Waals surface area (Å²) in [5.41, 5.74) is -2.57. The van der Waals surface area contributed by atoms with E-state index in [0.29, 0.717) is 0 Å². The lowest BCUT2D eigenvalue weighted by Crippen LogP contribution is -2.42. The van der Waals surface area contributed by atoms with Crippen LogP contribution in [0, 0.1) is 5.41 Å². The van der Waals surface area contributed by atoms with Crippen molar-refractivity contribution < 1.29 is 45.4 Å². The molecule has 0 aliphatic carbocycles. The van der Waals surface area contributed by atoms with E-state index in [1.807, 2.05) is 0 Å². The molecule has 2 aromatic carbocycles. The van der Waals surface area contributed by atoms with Gasteiger partial charge in [0.2, 0.25) is 0 Å². The Kier molecular flexibility index (Phi) is 6.93. The lowest BCUT2D eigenvalue weighted by atomic mass is 9.82. The monoisotopic (exact) mass is 523 g/mol. The third-order valence-corrected chi connectivity index (χ3v) is 5.28. The maximum atomic E-state index is 13.1. The Labute approximate surface area is 199 Å². The molecule has 1 aliphatic rings. The van der Waals surface area contributed by atoms with Gasteiger partial charge >= 0.3 is 24.5 Å². The van der Waals surface area contributed by atoms with E-state index in [0.717, 1.165) is 54.6 Å². The minimum atomic E-state index is -4.88. The van der Waals surface area contributed by atoms with Crippen LogP contribution in [0.15, 0.2) is 47.6 Å². The maximum absolute atomic E-state index is 13.1. The number of hydrogen-bond donors (Lipinski definition) is 1. The molecule has 0 saturated carbocycles. The number of carbonyl (C=O) groups is 2. The minimum absolute atomic E-state index is 0.0554. The molecule has 1 heterocycles. The zero-order valence-electron chi connectivity index (χ0n) is 17.9. The molecule has 0 radical (unpaired) electrons. The number of hydrogen-bond acceptors (Lipinski definition) is 5. The summed E-state index contributed by atoms with van der Waals surface area (Å²) in [6.45, 7) is 1.05. The Morgan fingerprint density at radius 1 is 1.09 bits per heavy atom. The van der Waals surface area contributed by atoms with Crippen LogP contribution in [0.2, 0.25) is 5.02 Å². The van der Waals surface area contributed by atoms with Gasteiger partial charge < -0.3 is 14.8 Å². The van der Waals surface area contributed by atoms with E-state index in [1.54, 1.807) is 0 Å². The van der Waals surface area contributed by atoms with E-state index >= 15 is 0 Å². The third-order valence-electron chi connectivity index (χ3n) is 4.97. The quantitative estimate of drug-likeness (QED) is 0.412. The van der Waals surface area contributed by atoms with Gasteiger partial charge in [-0.25, -0.2) is 9.80 Å². The van der Waals surface area contributed by atoms with Gasteiger partial charge in [-0.1, -0.05) is 17.7 Å². The number of benzene rings is 2. The number of amides is 2. The highest BCUT2D eigenvalue weighted by Gasteiger charge is 2.48. The number of rotatable bonds is 4. The first kappa shape index (κ1) is 26.1. The molecule has 35 heavy (non-hydrogen) atoms. The summed E-state index contributed by atoms with van der Waals surface area (Å²) in [5, 5.41) is 6.71. The summed E-state index contributed by atoms with van der Waals surface area (Å²) in [7, 11) is 1.10. The standard InChI is InChI=1S/C21H16ClF6N3O4/c1-19(17(32)34-2)10-31(18(33)29-12-4-6-13(7-5-12)35-21(26,27)28)30-16(19)11-3-8-14(15(22)9-11)20(23,24)25/h3-9H,10H2,1-2H3,(H,29,33). The zero-order chi connectivity index (χ0) is 26.2. The number of hydrazone groups is 1. The van der Waals surface area contributed by atoms with Crippen molar-refractivity contribution in [3.8, 4) is 5.75 Å². The predicted molar refractivity (Wildman–Crippen MR) is 112 cm³/mol. The van der Waals surface area contributed by atoms with Crippen LogP contribution >= 0.6 is 11.6 Å². The van der Waals surface area contributed by atoms with Gasteiger partial charge in [-0.15, -0.1) is 13.2 Å². The van der Waals surface area contributed by atoms with Crippen molar-refractivity contribution in [3.05, 3.63) is 58.6 Å². The first-order valence-electron chi connectivity index (χ1n) is 9.63. The number of alkyl halides is 6. The highest BCUT2D eigenvalue weighted by molar-refractivity contribution is 6.32. The molecule has 0 aromatic heterocycles. The van der Waals surface area contributed by atoms with Gasteiger partial charge in [0.25, 0.3) is 0 Å². The summed E-state index contributed by atoms with van der Waals surface area (Å²) in [4.78, 5) is 25.3. The molecule has 188 valence electrons. The minimum Gasteiger partial charge on any atom is -0.468 e. The smallest absolute Gasteiger partial charge is 0.468 e. The lowest BCUT2D eigenvalue weighted by Gasteiger charge is -2.23. The fraction of sp³-hybridized carbons (Fsp3) is 0.286. The Hall–Kier alpha value is -3.48. The molecule has 2 aromatic rings. The molecule has 0 bridgehead atoms. The molecule has 0 spiro atoms.